The summed E-state index contributed by atoms with van der Waals surface area (Å²) in [6.07, 6.45) is 4.71. The summed E-state index contributed by atoms with van der Waals surface area (Å²) in [5.74, 6) is 0. The Labute approximate surface area is 114 Å². The van der Waals surface area contributed by atoms with Crippen LogP contribution < -0.4 is 5.73 Å². The third kappa shape index (κ3) is 2.46. The zero-order valence-corrected chi connectivity index (χ0v) is 12.5. The van der Waals surface area contributed by atoms with Crippen molar-refractivity contribution in [2.45, 2.75) is 57.5 Å². The third-order valence-corrected chi connectivity index (χ3v) is 4.96. The van der Waals surface area contributed by atoms with Gasteiger partial charge in [-0.05, 0) is 19.8 Å². The molecule has 4 heteroatoms. The zero-order valence-electron chi connectivity index (χ0n) is 11.7. The molecule has 1 saturated carbocycles. The van der Waals surface area contributed by atoms with Crippen LogP contribution in [0.4, 0.5) is 0 Å². The molecule has 0 amide bonds. The molecular weight excluding hydrogens is 244 g/mol. The highest BCUT2D eigenvalue weighted by molar-refractivity contribution is 7.09. The SMILES string of the molecule is CCOC1(c2nc(C(C)(C)CN)cs2)CCCC1. The predicted molar refractivity (Wildman–Crippen MR) is 76.0 cm³/mol. The average molecular weight is 268 g/mol. The van der Waals surface area contributed by atoms with Crippen molar-refractivity contribution in [2.75, 3.05) is 13.2 Å². The smallest absolute Gasteiger partial charge is 0.125 e. The maximum atomic E-state index is 6.05. The first-order valence-corrected chi connectivity index (χ1v) is 7.72. The minimum absolute atomic E-state index is 0.0409. The van der Waals surface area contributed by atoms with Gasteiger partial charge in [-0.15, -0.1) is 11.3 Å². The van der Waals surface area contributed by atoms with Gasteiger partial charge in [0.15, 0.2) is 0 Å². The van der Waals surface area contributed by atoms with Crippen LogP contribution in [-0.4, -0.2) is 18.1 Å². The summed E-state index contributed by atoms with van der Waals surface area (Å²) in [5, 5.41) is 3.31. The second-order valence-corrected chi connectivity index (χ2v) is 6.62. The van der Waals surface area contributed by atoms with Crippen LogP contribution in [0.3, 0.4) is 0 Å². The monoisotopic (exact) mass is 268 g/mol. The van der Waals surface area contributed by atoms with Crippen molar-refractivity contribution in [3.8, 4) is 0 Å². The molecule has 2 N–H and O–H groups in total. The lowest BCUT2D eigenvalue weighted by atomic mass is 9.90. The molecule has 2 rings (SSSR count). The van der Waals surface area contributed by atoms with Crippen LogP contribution in [0.1, 0.15) is 57.2 Å². The highest BCUT2D eigenvalue weighted by Crippen LogP contribution is 2.44. The molecule has 1 heterocycles. The van der Waals surface area contributed by atoms with Gasteiger partial charge in [-0.25, -0.2) is 4.98 Å². The Balaban J connectivity index is 2.28. The molecule has 1 aromatic rings. The molecule has 0 aliphatic heterocycles. The summed E-state index contributed by atoms with van der Waals surface area (Å²) in [6, 6.07) is 0. The molecule has 0 unspecified atom stereocenters. The minimum Gasteiger partial charge on any atom is -0.368 e. The number of nitrogens with two attached hydrogens (primary N) is 1. The van der Waals surface area contributed by atoms with Crippen molar-refractivity contribution < 1.29 is 4.74 Å². The van der Waals surface area contributed by atoms with E-state index in [1.165, 1.54) is 12.8 Å². The molecule has 1 aliphatic carbocycles. The summed E-state index contributed by atoms with van der Waals surface area (Å²) in [4.78, 5) is 4.84. The van der Waals surface area contributed by atoms with Gasteiger partial charge in [0.2, 0.25) is 0 Å². The Bertz CT molecular complexity index is 394. The summed E-state index contributed by atoms with van der Waals surface area (Å²) in [7, 11) is 0. The number of aromatic nitrogens is 1. The second kappa shape index (κ2) is 5.27. The molecule has 0 bridgehead atoms. The van der Waals surface area contributed by atoms with Crippen LogP contribution in [0.25, 0.3) is 0 Å². The quantitative estimate of drug-likeness (QED) is 0.892. The molecule has 1 aromatic heterocycles. The fourth-order valence-electron chi connectivity index (χ4n) is 2.54. The van der Waals surface area contributed by atoms with E-state index in [1.807, 2.05) is 0 Å². The van der Waals surface area contributed by atoms with Gasteiger partial charge in [-0.1, -0.05) is 26.7 Å². The van der Waals surface area contributed by atoms with Gasteiger partial charge < -0.3 is 10.5 Å². The van der Waals surface area contributed by atoms with Crippen molar-refractivity contribution >= 4 is 11.3 Å². The largest absolute Gasteiger partial charge is 0.368 e. The van der Waals surface area contributed by atoms with Crippen molar-refractivity contribution in [1.82, 2.24) is 4.98 Å². The van der Waals surface area contributed by atoms with E-state index in [0.29, 0.717) is 6.54 Å². The summed E-state index contributed by atoms with van der Waals surface area (Å²) in [6.45, 7) is 7.74. The number of nitrogens with zero attached hydrogens (tertiary/aromatic N) is 1. The molecule has 0 spiro atoms. The van der Waals surface area contributed by atoms with E-state index in [0.717, 1.165) is 30.2 Å². The zero-order chi connectivity index (χ0) is 13.2. The highest BCUT2D eigenvalue weighted by atomic mass is 32.1. The molecule has 102 valence electrons. The van der Waals surface area contributed by atoms with E-state index < -0.39 is 0 Å². The van der Waals surface area contributed by atoms with Crippen molar-refractivity contribution in [3.63, 3.8) is 0 Å². The Morgan fingerprint density at radius 1 is 1.44 bits per heavy atom. The molecule has 1 aliphatic rings. The van der Waals surface area contributed by atoms with Gasteiger partial charge in [0.25, 0.3) is 0 Å². The fraction of sp³-hybridized carbons (Fsp3) is 0.786. The van der Waals surface area contributed by atoms with E-state index in [-0.39, 0.29) is 11.0 Å². The fourth-order valence-corrected chi connectivity index (χ4v) is 3.76. The van der Waals surface area contributed by atoms with Gasteiger partial charge in [-0.3, -0.25) is 0 Å². The summed E-state index contributed by atoms with van der Waals surface area (Å²) in [5.41, 5.74) is 6.78. The van der Waals surface area contributed by atoms with Gasteiger partial charge in [0, 0.05) is 23.9 Å². The molecule has 18 heavy (non-hydrogen) atoms. The third-order valence-electron chi connectivity index (χ3n) is 3.93. The number of ether oxygens (including phenoxy) is 1. The van der Waals surface area contributed by atoms with Gasteiger partial charge in [0.05, 0.1) is 5.69 Å². The minimum atomic E-state index is -0.109. The standard InChI is InChI=1S/C14H24N2OS/c1-4-17-14(7-5-6-8-14)12-16-11(9-18-12)13(2,3)10-15/h9H,4-8,10,15H2,1-3H3. The lowest BCUT2D eigenvalue weighted by Crippen LogP contribution is -2.30. The van der Waals surface area contributed by atoms with Crippen LogP contribution in [0.2, 0.25) is 0 Å². The van der Waals surface area contributed by atoms with Gasteiger partial charge in [-0.2, -0.15) is 0 Å². The van der Waals surface area contributed by atoms with Crippen molar-refractivity contribution in [2.24, 2.45) is 5.73 Å². The first-order valence-electron chi connectivity index (χ1n) is 6.84. The molecule has 3 nitrogen and oxygen atoms in total. The van der Waals surface area contributed by atoms with Crippen molar-refractivity contribution in [3.05, 3.63) is 16.1 Å². The average Bonchev–Trinajstić information content (AvgIpc) is 2.98. The molecule has 1 fully saturated rings. The van der Waals surface area contributed by atoms with E-state index in [1.54, 1.807) is 11.3 Å². The van der Waals surface area contributed by atoms with Crippen LogP contribution >= 0.6 is 11.3 Å². The highest BCUT2D eigenvalue weighted by Gasteiger charge is 2.39. The summed E-state index contributed by atoms with van der Waals surface area (Å²) < 4.78 is 6.05. The van der Waals surface area contributed by atoms with Gasteiger partial charge >= 0.3 is 0 Å². The number of rotatable bonds is 5. The maximum absolute atomic E-state index is 6.05. The van der Waals surface area contributed by atoms with E-state index in [4.69, 9.17) is 15.5 Å². The number of hydrogen-bond acceptors (Lipinski definition) is 4. The first-order chi connectivity index (χ1) is 8.54. The van der Waals surface area contributed by atoms with Crippen LogP contribution in [0, 0.1) is 0 Å². The van der Waals surface area contributed by atoms with Crippen LogP contribution in [0.5, 0.6) is 0 Å². The second-order valence-electron chi connectivity index (χ2n) is 5.76. The van der Waals surface area contributed by atoms with Crippen LogP contribution in [-0.2, 0) is 15.8 Å². The molecule has 0 atom stereocenters. The molecule has 0 radical (unpaired) electrons. The number of hydrogen-bond donors (Lipinski definition) is 1. The first kappa shape index (κ1) is 14.0. The van der Waals surface area contributed by atoms with Crippen LogP contribution in [0.15, 0.2) is 5.38 Å². The Kier molecular flexibility index (Phi) is 4.09. The Morgan fingerprint density at radius 3 is 2.67 bits per heavy atom. The van der Waals surface area contributed by atoms with Gasteiger partial charge in [0.1, 0.15) is 10.6 Å². The van der Waals surface area contributed by atoms with Crippen molar-refractivity contribution in [1.29, 1.82) is 0 Å². The molecule has 0 aromatic carbocycles. The maximum Gasteiger partial charge on any atom is 0.125 e. The molecule has 0 saturated heterocycles. The van der Waals surface area contributed by atoms with E-state index in [2.05, 4.69) is 26.2 Å². The Hall–Kier alpha value is -0.450. The number of thiazole rings is 1. The lowest BCUT2D eigenvalue weighted by Gasteiger charge is -2.27. The van der Waals surface area contributed by atoms with E-state index >= 15 is 0 Å². The normalized spacial score (nSPS) is 19.3. The van der Waals surface area contributed by atoms with E-state index in [9.17, 15) is 0 Å². The summed E-state index contributed by atoms with van der Waals surface area (Å²) >= 11 is 1.74. The predicted octanol–water partition coefficient (Wildman–Crippen LogP) is 3.19. The lowest BCUT2D eigenvalue weighted by molar-refractivity contribution is -0.0392. The molecular formula is C14H24N2OS. The topological polar surface area (TPSA) is 48.1 Å². The Morgan fingerprint density at radius 2 is 2.11 bits per heavy atom.